The average Bonchev–Trinajstić information content (AvgIpc) is 2.95. The summed E-state index contributed by atoms with van der Waals surface area (Å²) in [7, 11) is 0. The van der Waals surface area contributed by atoms with Crippen molar-refractivity contribution in [1.29, 1.82) is 0 Å². The smallest absolute Gasteiger partial charge is 0.292 e. The third-order valence-electron chi connectivity index (χ3n) is 3.87. The number of ether oxygens (including phenoxy) is 1. The molecule has 1 aliphatic rings. The number of aryl methyl sites for hydroxylation is 1. The van der Waals surface area contributed by atoms with Gasteiger partial charge in [-0.05, 0) is 36.8 Å². The summed E-state index contributed by atoms with van der Waals surface area (Å²) >= 11 is -1.63. The lowest BCUT2D eigenvalue weighted by atomic mass is 10.1. The second kappa shape index (κ2) is 8.84. The SMILES string of the molecule is C=C/C=C(\C)[S+]([O-])NC(=O)c1ccc(N2C(=O)COC2CC=C)c(C)c1. The van der Waals surface area contributed by atoms with Crippen LogP contribution in [0.3, 0.4) is 0 Å². The van der Waals surface area contributed by atoms with E-state index in [1.54, 1.807) is 42.2 Å². The predicted molar refractivity (Wildman–Crippen MR) is 103 cm³/mol. The van der Waals surface area contributed by atoms with E-state index in [1.807, 2.05) is 6.92 Å². The van der Waals surface area contributed by atoms with E-state index in [9.17, 15) is 14.1 Å². The van der Waals surface area contributed by atoms with Gasteiger partial charge in [0.15, 0.2) is 4.91 Å². The van der Waals surface area contributed by atoms with Crippen LogP contribution in [0.1, 0.15) is 29.3 Å². The van der Waals surface area contributed by atoms with E-state index in [1.165, 1.54) is 6.08 Å². The molecule has 1 saturated heterocycles. The largest absolute Gasteiger partial charge is 0.588 e. The first-order valence-corrected chi connectivity index (χ1v) is 9.21. The fourth-order valence-corrected chi connectivity index (χ4v) is 3.26. The van der Waals surface area contributed by atoms with Crippen molar-refractivity contribution in [2.45, 2.75) is 26.5 Å². The number of rotatable bonds is 7. The van der Waals surface area contributed by atoms with Crippen LogP contribution in [0.25, 0.3) is 0 Å². The van der Waals surface area contributed by atoms with E-state index in [4.69, 9.17) is 4.74 Å². The number of allylic oxidation sites excluding steroid dienone is 3. The van der Waals surface area contributed by atoms with Gasteiger partial charge < -0.3 is 9.29 Å². The van der Waals surface area contributed by atoms with Crippen LogP contribution in [0, 0.1) is 6.92 Å². The summed E-state index contributed by atoms with van der Waals surface area (Å²) in [4.78, 5) is 26.5. The van der Waals surface area contributed by atoms with Gasteiger partial charge in [0.25, 0.3) is 11.8 Å². The van der Waals surface area contributed by atoms with Crippen LogP contribution < -0.4 is 9.62 Å². The average molecular weight is 374 g/mol. The molecule has 2 atom stereocenters. The van der Waals surface area contributed by atoms with Crippen LogP contribution in [-0.4, -0.2) is 29.2 Å². The van der Waals surface area contributed by atoms with Crippen molar-refractivity contribution in [3.05, 3.63) is 65.6 Å². The minimum atomic E-state index is -1.63. The van der Waals surface area contributed by atoms with Crippen molar-refractivity contribution in [3.63, 3.8) is 0 Å². The molecule has 0 aromatic heterocycles. The number of nitrogens with one attached hydrogen (secondary N) is 1. The maximum absolute atomic E-state index is 12.3. The van der Waals surface area contributed by atoms with E-state index in [-0.39, 0.29) is 12.5 Å². The van der Waals surface area contributed by atoms with Gasteiger partial charge in [-0.2, -0.15) is 4.72 Å². The lowest BCUT2D eigenvalue weighted by molar-refractivity contribution is -0.117. The third-order valence-corrected chi connectivity index (χ3v) is 4.96. The quantitative estimate of drug-likeness (QED) is 0.452. The molecule has 2 amide bonds. The fourth-order valence-electron chi connectivity index (χ4n) is 2.60. The molecule has 138 valence electrons. The number of anilines is 1. The zero-order valence-electron chi connectivity index (χ0n) is 14.9. The van der Waals surface area contributed by atoms with Crippen molar-refractivity contribution in [2.24, 2.45) is 0 Å². The molecule has 0 radical (unpaired) electrons. The maximum atomic E-state index is 12.3. The van der Waals surface area contributed by atoms with Crippen LogP contribution in [-0.2, 0) is 20.9 Å². The van der Waals surface area contributed by atoms with E-state index < -0.39 is 23.5 Å². The molecule has 2 rings (SSSR count). The van der Waals surface area contributed by atoms with Gasteiger partial charge in [-0.3, -0.25) is 14.5 Å². The molecule has 1 fully saturated rings. The highest BCUT2D eigenvalue weighted by Gasteiger charge is 2.33. The summed E-state index contributed by atoms with van der Waals surface area (Å²) in [5.74, 6) is -0.593. The first-order chi connectivity index (χ1) is 12.4. The molecule has 1 aromatic rings. The zero-order chi connectivity index (χ0) is 19.3. The molecule has 0 saturated carbocycles. The topological polar surface area (TPSA) is 81.7 Å². The number of hydrogen-bond donors (Lipinski definition) is 1. The summed E-state index contributed by atoms with van der Waals surface area (Å²) in [5.41, 5.74) is 1.79. The Balaban J connectivity index is 2.20. The highest BCUT2D eigenvalue weighted by atomic mass is 32.2. The molecule has 0 bridgehead atoms. The van der Waals surface area contributed by atoms with Crippen LogP contribution in [0.15, 0.2) is 54.5 Å². The molecule has 0 spiro atoms. The van der Waals surface area contributed by atoms with Crippen molar-refractivity contribution < 1.29 is 18.9 Å². The summed E-state index contributed by atoms with van der Waals surface area (Å²) in [6.07, 6.45) is 4.90. The molecule has 2 unspecified atom stereocenters. The normalized spacial score (nSPS) is 18.6. The zero-order valence-corrected chi connectivity index (χ0v) is 15.7. The van der Waals surface area contributed by atoms with Crippen LogP contribution in [0.2, 0.25) is 0 Å². The van der Waals surface area contributed by atoms with Gasteiger partial charge in [0.2, 0.25) is 0 Å². The Kier molecular flexibility index (Phi) is 6.79. The van der Waals surface area contributed by atoms with Gasteiger partial charge in [0.1, 0.15) is 24.2 Å². The second-order valence-electron chi connectivity index (χ2n) is 5.77. The minimum absolute atomic E-state index is 0.0219. The Morgan fingerprint density at radius 3 is 2.85 bits per heavy atom. The highest BCUT2D eigenvalue weighted by Crippen LogP contribution is 2.28. The molecule has 1 aromatic carbocycles. The van der Waals surface area contributed by atoms with Gasteiger partial charge >= 0.3 is 0 Å². The summed E-state index contributed by atoms with van der Waals surface area (Å²) in [5, 5.41) is 0. The van der Waals surface area contributed by atoms with E-state index in [0.717, 1.165) is 5.56 Å². The molecular weight excluding hydrogens is 352 g/mol. The molecule has 7 heteroatoms. The second-order valence-corrected chi connectivity index (χ2v) is 7.15. The van der Waals surface area contributed by atoms with Gasteiger partial charge in [0, 0.05) is 24.6 Å². The predicted octanol–water partition coefficient (Wildman–Crippen LogP) is 2.74. The number of carbonyl (C=O) groups excluding carboxylic acids is 2. The van der Waals surface area contributed by atoms with Gasteiger partial charge in [-0.1, -0.05) is 18.7 Å². The molecule has 1 heterocycles. The Morgan fingerprint density at radius 2 is 2.23 bits per heavy atom. The number of benzene rings is 1. The fraction of sp³-hybridized carbons (Fsp3) is 0.263. The van der Waals surface area contributed by atoms with Crippen molar-refractivity contribution in [1.82, 2.24) is 4.72 Å². The van der Waals surface area contributed by atoms with E-state index >= 15 is 0 Å². The summed E-state index contributed by atoms with van der Waals surface area (Å²) < 4.78 is 19.9. The lowest BCUT2D eigenvalue weighted by Gasteiger charge is -2.24. The van der Waals surface area contributed by atoms with Crippen molar-refractivity contribution in [3.8, 4) is 0 Å². The Bertz CT molecular complexity index is 760. The van der Waals surface area contributed by atoms with Gasteiger partial charge in [-0.25, -0.2) is 0 Å². The number of hydrogen-bond acceptors (Lipinski definition) is 4. The monoisotopic (exact) mass is 374 g/mol. The Hall–Kier alpha value is -2.35. The number of carbonyl (C=O) groups is 2. The standard InChI is InChI=1S/C19H22N2O4S/c1-5-7-14(4)26(24)20-19(23)15-9-10-16(13(3)11-15)21-17(22)12-25-18(21)8-6-2/h5-7,9-11,18H,1-2,8,12H2,3-4H3,(H,20,23)/b14-7+. The van der Waals surface area contributed by atoms with E-state index in [2.05, 4.69) is 17.9 Å². The lowest BCUT2D eigenvalue weighted by Crippen LogP contribution is -2.34. The molecule has 26 heavy (non-hydrogen) atoms. The molecular formula is C19H22N2O4S. The van der Waals surface area contributed by atoms with Crippen LogP contribution in [0.5, 0.6) is 0 Å². The molecule has 0 aliphatic carbocycles. The molecule has 1 aliphatic heterocycles. The Labute approximate surface area is 156 Å². The van der Waals surface area contributed by atoms with E-state index in [0.29, 0.717) is 22.6 Å². The summed E-state index contributed by atoms with van der Waals surface area (Å²) in [6, 6.07) is 4.95. The van der Waals surface area contributed by atoms with Gasteiger partial charge in [-0.15, -0.1) is 6.58 Å². The first-order valence-electron chi connectivity index (χ1n) is 8.06. The number of amides is 2. The summed E-state index contributed by atoms with van der Waals surface area (Å²) in [6.45, 7) is 10.7. The minimum Gasteiger partial charge on any atom is -0.588 e. The Morgan fingerprint density at radius 1 is 1.50 bits per heavy atom. The first kappa shape index (κ1) is 20.0. The van der Waals surface area contributed by atoms with Crippen molar-refractivity contribution >= 4 is 28.9 Å². The van der Waals surface area contributed by atoms with Crippen molar-refractivity contribution in [2.75, 3.05) is 11.5 Å². The molecule has 1 N–H and O–H groups in total. The maximum Gasteiger partial charge on any atom is 0.292 e. The van der Waals surface area contributed by atoms with Crippen LogP contribution >= 0.6 is 0 Å². The molecule has 6 nitrogen and oxygen atoms in total. The highest BCUT2D eigenvalue weighted by molar-refractivity contribution is 7.93. The van der Waals surface area contributed by atoms with Gasteiger partial charge in [0.05, 0.1) is 0 Å². The van der Waals surface area contributed by atoms with Crippen LogP contribution in [0.4, 0.5) is 5.69 Å². The number of nitrogens with zero attached hydrogens (tertiary/aromatic N) is 1. The third kappa shape index (κ3) is 4.43.